The summed E-state index contributed by atoms with van der Waals surface area (Å²) in [5.41, 5.74) is 1.72. The van der Waals surface area contributed by atoms with Crippen molar-refractivity contribution >= 4 is 0 Å². The molecule has 0 radical (unpaired) electrons. The highest BCUT2D eigenvalue weighted by Crippen LogP contribution is 2.36. The lowest BCUT2D eigenvalue weighted by Crippen LogP contribution is -2.33. The Hall–Kier alpha value is -2.18. The van der Waals surface area contributed by atoms with Gasteiger partial charge in [-0.15, -0.1) is 0 Å². The standard InChI is InChI=1S/C24H31FN2/c1-4-27(18-15-21-9-6-5-7-10-21)17-8-16-24(19-26,20(2)3)22-11-13-23(25)14-12-22/h5-7,9-14,20H,4,8,15-18H2,1-3H3. The largest absolute Gasteiger partial charge is 0.303 e. The Morgan fingerprint density at radius 3 is 2.26 bits per heavy atom. The van der Waals surface area contributed by atoms with Crippen LogP contribution in [0.15, 0.2) is 54.6 Å². The van der Waals surface area contributed by atoms with Crippen LogP contribution in [0, 0.1) is 23.1 Å². The third-order valence-corrected chi connectivity index (χ3v) is 5.60. The van der Waals surface area contributed by atoms with Gasteiger partial charge in [0.15, 0.2) is 0 Å². The van der Waals surface area contributed by atoms with E-state index in [4.69, 9.17) is 0 Å². The summed E-state index contributed by atoms with van der Waals surface area (Å²) in [4.78, 5) is 2.44. The monoisotopic (exact) mass is 366 g/mol. The Morgan fingerprint density at radius 2 is 1.70 bits per heavy atom. The molecule has 0 fully saturated rings. The van der Waals surface area contributed by atoms with Crippen LogP contribution in [0.5, 0.6) is 0 Å². The Balaban J connectivity index is 1.97. The van der Waals surface area contributed by atoms with Crippen LogP contribution in [0.25, 0.3) is 0 Å². The van der Waals surface area contributed by atoms with Crippen molar-refractivity contribution in [2.75, 3.05) is 19.6 Å². The lowest BCUT2D eigenvalue weighted by molar-refractivity contribution is 0.264. The second-order valence-electron chi connectivity index (χ2n) is 7.52. The van der Waals surface area contributed by atoms with Gasteiger partial charge in [0.25, 0.3) is 0 Å². The first-order chi connectivity index (χ1) is 13.0. The highest BCUT2D eigenvalue weighted by atomic mass is 19.1. The van der Waals surface area contributed by atoms with Gasteiger partial charge in [-0.3, -0.25) is 0 Å². The van der Waals surface area contributed by atoms with Gasteiger partial charge in [0.1, 0.15) is 5.82 Å². The average molecular weight is 367 g/mol. The lowest BCUT2D eigenvalue weighted by atomic mass is 9.70. The zero-order valence-corrected chi connectivity index (χ0v) is 16.8. The molecule has 0 aliphatic carbocycles. The Morgan fingerprint density at radius 1 is 1.04 bits per heavy atom. The molecule has 0 aromatic heterocycles. The molecular formula is C24H31FN2. The Labute approximate surface area is 163 Å². The molecule has 1 atom stereocenters. The van der Waals surface area contributed by atoms with Crippen molar-refractivity contribution in [1.29, 1.82) is 5.26 Å². The smallest absolute Gasteiger partial charge is 0.123 e. The molecule has 2 aromatic carbocycles. The molecule has 2 rings (SSSR count). The minimum absolute atomic E-state index is 0.173. The van der Waals surface area contributed by atoms with Crippen molar-refractivity contribution in [3.05, 3.63) is 71.5 Å². The van der Waals surface area contributed by atoms with Gasteiger partial charge >= 0.3 is 0 Å². The molecule has 0 heterocycles. The van der Waals surface area contributed by atoms with Gasteiger partial charge in [0.05, 0.1) is 11.5 Å². The number of likely N-dealkylation sites (N-methyl/N-ethyl adjacent to an activating group) is 1. The van der Waals surface area contributed by atoms with Crippen LogP contribution in [0.3, 0.4) is 0 Å². The van der Waals surface area contributed by atoms with E-state index in [2.05, 4.69) is 56.0 Å². The van der Waals surface area contributed by atoms with Crippen LogP contribution in [0.2, 0.25) is 0 Å². The lowest BCUT2D eigenvalue weighted by Gasteiger charge is -2.32. The number of rotatable bonds is 10. The van der Waals surface area contributed by atoms with E-state index >= 15 is 0 Å². The van der Waals surface area contributed by atoms with Crippen LogP contribution in [-0.2, 0) is 11.8 Å². The highest BCUT2D eigenvalue weighted by molar-refractivity contribution is 5.33. The van der Waals surface area contributed by atoms with Gasteiger partial charge in [-0.05, 0) is 61.5 Å². The Kier molecular flexibility index (Phi) is 8.00. The predicted molar refractivity (Wildman–Crippen MR) is 110 cm³/mol. The minimum atomic E-state index is -0.563. The zero-order valence-electron chi connectivity index (χ0n) is 16.8. The number of hydrogen-bond acceptors (Lipinski definition) is 2. The maximum atomic E-state index is 13.3. The number of halogens is 1. The normalized spacial score (nSPS) is 13.5. The van der Waals surface area contributed by atoms with Gasteiger partial charge in [-0.1, -0.05) is 63.2 Å². The molecule has 3 heteroatoms. The van der Waals surface area contributed by atoms with Crippen LogP contribution in [0.4, 0.5) is 4.39 Å². The third kappa shape index (κ3) is 5.65. The maximum absolute atomic E-state index is 13.3. The summed E-state index contributed by atoms with van der Waals surface area (Å²) in [5.74, 6) is -0.0835. The fraction of sp³-hybridized carbons (Fsp3) is 0.458. The summed E-state index contributed by atoms with van der Waals surface area (Å²) in [6.07, 6.45) is 2.78. The molecule has 0 amide bonds. The fourth-order valence-electron chi connectivity index (χ4n) is 3.70. The zero-order chi connectivity index (χ0) is 19.7. The van der Waals surface area contributed by atoms with Gasteiger partial charge in [0.2, 0.25) is 0 Å². The van der Waals surface area contributed by atoms with E-state index in [0.29, 0.717) is 0 Å². The van der Waals surface area contributed by atoms with Crippen molar-refractivity contribution in [2.45, 2.75) is 45.4 Å². The molecule has 0 aliphatic heterocycles. The van der Waals surface area contributed by atoms with E-state index in [0.717, 1.165) is 44.5 Å². The van der Waals surface area contributed by atoms with Crippen LogP contribution < -0.4 is 0 Å². The molecule has 0 bridgehead atoms. The van der Waals surface area contributed by atoms with E-state index in [-0.39, 0.29) is 11.7 Å². The van der Waals surface area contributed by atoms with Gasteiger partial charge < -0.3 is 4.90 Å². The molecule has 144 valence electrons. The predicted octanol–water partition coefficient (Wildman–Crippen LogP) is 5.59. The molecule has 2 nitrogen and oxygen atoms in total. The average Bonchev–Trinajstić information content (AvgIpc) is 2.69. The molecule has 27 heavy (non-hydrogen) atoms. The number of nitriles is 1. The molecule has 0 N–H and O–H groups in total. The second kappa shape index (κ2) is 10.2. The van der Waals surface area contributed by atoms with Crippen molar-refractivity contribution in [2.24, 2.45) is 5.92 Å². The molecule has 1 unspecified atom stereocenters. The van der Waals surface area contributed by atoms with Crippen molar-refractivity contribution < 1.29 is 4.39 Å². The molecule has 0 saturated carbocycles. The minimum Gasteiger partial charge on any atom is -0.303 e. The molecular weight excluding hydrogens is 335 g/mol. The summed E-state index contributed by atoms with van der Waals surface area (Å²) in [6, 6.07) is 19.6. The van der Waals surface area contributed by atoms with Crippen LogP contribution >= 0.6 is 0 Å². The van der Waals surface area contributed by atoms with Gasteiger partial charge in [-0.2, -0.15) is 5.26 Å². The highest BCUT2D eigenvalue weighted by Gasteiger charge is 2.35. The Bertz CT molecular complexity index is 718. The summed E-state index contributed by atoms with van der Waals surface area (Å²) in [6.45, 7) is 9.35. The maximum Gasteiger partial charge on any atom is 0.123 e. The quantitative estimate of drug-likeness (QED) is 0.548. The first-order valence-corrected chi connectivity index (χ1v) is 9.95. The van der Waals surface area contributed by atoms with E-state index in [1.807, 2.05) is 6.07 Å². The van der Waals surface area contributed by atoms with Crippen molar-refractivity contribution in [1.82, 2.24) is 4.90 Å². The van der Waals surface area contributed by atoms with E-state index in [9.17, 15) is 9.65 Å². The number of nitrogens with zero attached hydrogens (tertiary/aromatic N) is 2. The SMILES string of the molecule is CCN(CCCC(C#N)(c1ccc(F)cc1)C(C)C)CCc1ccccc1. The first-order valence-electron chi connectivity index (χ1n) is 9.95. The van der Waals surface area contributed by atoms with E-state index < -0.39 is 5.41 Å². The number of hydrogen-bond donors (Lipinski definition) is 0. The fourth-order valence-corrected chi connectivity index (χ4v) is 3.70. The summed E-state index contributed by atoms with van der Waals surface area (Å²) < 4.78 is 13.3. The summed E-state index contributed by atoms with van der Waals surface area (Å²) >= 11 is 0. The van der Waals surface area contributed by atoms with E-state index in [1.165, 1.54) is 17.7 Å². The van der Waals surface area contributed by atoms with Crippen molar-refractivity contribution in [3.8, 4) is 6.07 Å². The first kappa shape index (κ1) is 21.1. The van der Waals surface area contributed by atoms with Crippen molar-refractivity contribution in [3.63, 3.8) is 0 Å². The molecule has 2 aromatic rings. The third-order valence-electron chi connectivity index (χ3n) is 5.60. The molecule has 0 spiro atoms. The van der Waals surface area contributed by atoms with Crippen LogP contribution in [0.1, 0.15) is 44.7 Å². The van der Waals surface area contributed by atoms with Crippen LogP contribution in [-0.4, -0.2) is 24.5 Å². The topological polar surface area (TPSA) is 27.0 Å². The van der Waals surface area contributed by atoms with Gasteiger partial charge in [0, 0.05) is 6.54 Å². The second-order valence-corrected chi connectivity index (χ2v) is 7.52. The number of benzene rings is 2. The summed E-state index contributed by atoms with van der Waals surface area (Å²) in [7, 11) is 0. The van der Waals surface area contributed by atoms with Gasteiger partial charge in [-0.25, -0.2) is 4.39 Å². The molecule has 0 aliphatic rings. The van der Waals surface area contributed by atoms with E-state index in [1.54, 1.807) is 12.1 Å². The summed E-state index contributed by atoms with van der Waals surface area (Å²) in [5, 5.41) is 9.99. The molecule has 0 saturated heterocycles.